The van der Waals surface area contributed by atoms with Crippen molar-refractivity contribution in [2.75, 3.05) is 45.9 Å². The van der Waals surface area contributed by atoms with Crippen LogP contribution in [0.5, 0.6) is 5.75 Å². The second kappa shape index (κ2) is 10.1. The third-order valence-corrected chi connectivity index (χ3v) is 5.80. The van der Waals surface area contributed by atoms with Gasteiger partial charge in [0.05, 0.1) is 0 Å². The van der Waals surface area contributed by atoms with Gasteiger partial charge in [-0.25, -0.2) is 0 Å². The number of rotatable bonds is 7. The Balaban J connectivity index is 1.28. The lowest BCUT2D eigenvalue weighted by Crippen LogP contribution is -2.51. The molecule has 6 nitrogen and oxygen atoms in total. The van der Waals surface area contributed by atoms with Crippen LogP contribution in [0.4, 0.5) is 0 Å². The van der Waals surface area contributed by atoms with Crippen LogP contribution in [0.2, 0.25) is 0 Å². The summed E-state index contributed by atoms with van der Waals surface area (Å²) >= 11 is 3.38. The zero-order valence-electron chi connectivity index (χ0n) is 15.7. The molecular formula is C20H28BrN3O3. The minimum atomic E-state index is -0.120. The number of ether oxygens (including phenoxy) is 1. The van der Waals surface area contributed by atoms with Gasteiger partial charge in [0.1, 0.15) is 5.75 Å². The Morgan fingerprint density at radius 2 is 1.89 bits per heavy atom. The van der Waals surface area contributed by atoms with Crippen molar-refractivity contribution >= 4 is 27.7 Å². The van der Waals surface area contributed by atoms with Crippen molar-refractivity contribution in [2.24, 2.45) is 5.92 Å². The molecule has 1 N–H and O–H groups in total. The molecule has 1 aromatic carbocycles. The van der Waals surface area contributed by atoms with Crippen molar-refractivity contribution in [3.8, 4) is 5.75 Å². The number of halogens is 1. The third-order valence-electron chi connectivity index (χ3n) is 5.30. The Morgan fingerprint density at radius 1 is 1.15 bits per heavy atom. The molecule has 1 aliphatic carbocycles. The van der Waals surface area contributed by atoms with Crippen molar-refractivity contribution in [2.45, 2.75) is 25.7 Å². The van der Waals surface area contributed by atoms with E-state index in [9.17, 15) is 9.59 Å². The molecule has 1 heterocycles. The lowest BCUT2D eigenvalue weighted by molar-refractivity contribution is -0.137. The van der Waals surface area contributed by atoms with Gasteiger partial charge in [-0.3, -0.25) is 14.5 Å². The monoisotopic (exact) mass is 437 g/mol. The van der Waals surface area contributed by atoms with E-state index in [-0.39, 0.29) is 18.4 Å². The smallest absolute Gasteiger partial charge is 0.257 e. The maximum Gasteiger partial charge on any atom is 0.257 e. The molecule has 1 saturated heterocycles. The predicted molar refractivity (Wildman–Crippen MR) is 108 cm³/mol. The van der Waals surface area contributed by atoms with E-state index in [4.69, 9.17) is 4.74 Å². The summed E-state index contributed by atoms with van der Waals surface area (Å²) in [6, 6.07) is 7.44. The molecule has 148 valence electrons. The lowest BCUT2D eigenvalue weighted by atomic mass is 10.1. The van der Waals surface area contributed by atoms with Crippen LogP contribution in [0.3, 0.4) is 0 Å². The molecule has 0 unspecified atom stereocenters. The van der Waals surface area contributed by atoms with Crippen LogP contribution in [-0.4, -0.2) is 67.5 Å². The number of piperazine rings is 1. The number of amides is 2. The summed E-state index contributed by atoms with van der Waals surface area (Å²) < 4.78 is 6.40. The molecule has 0 spiro atoms. The first kappa shape index (κ1) is 20.1. The first-order valence-electron chi connectivity index (χ1n) is 9.78. The summed E-state index contributed by atoms with van der Waals surface area (Å²) in [5, 5.41) is 2.90. The van der Waals surface area contributed by atoms with Crippen LogP contribution in [0.15, 0.2) is 28.7 Å². The molecule has 0 aromatic heterocycles. The number of nitrogens with one attached hydrogen (secondary N) is 1. The number of benzene rings is 1. The zero-order valence-corrected chi connectivity index (χ0v) is 17.2. The highest BCUT2D eigenvalue weighted by Gasteiger charge is 2.29. The third kappa shape index (κ3) is 6.21. The van der Waals surface area contributed by atoms with Gasteiger partial charge < -0.3 is 15.0 Å². The minimum Gasteiger partial charge on any atom is -0.484 e. The van der Waals surface area contributed by atoms with Crippen LogP contribution < -0.4 is 10.1 Å². The van der Waals surface area contributed by atoms with E-state index in [0.717, 1.165) is 50.0 Å². The van der Waals surface area contributed by atoms with Crippen molar-refractivity contribution < 1.29 is 14.3 Å². The topological polar surface area (TPSA) is 61.9 Å². The predicted octanol–water partition coefficient (Wildman–Crippen LogP) is 2.28. The number of hydrogen-bond donors (Lipinski definition) is 1. The van der Waals surface area contributed by atoms with Crippen LogP contribution in [0.1, 0.15) is 25.7 Å². The van der Waals surface area contributed by atoms with Gasteiger partial charge in [-0.15, -0.1) is 0 Å². The van der Waals surface area contributed by atoms with Crippen molar-refractivity contribution in [1.82, 2.24) is 15.1 Å². The highest BCUT2D eigenvalue weighted by atomic mass is 79.9. The maximum atomic E-state index is 12.5. The molecule has 0 radical (unpaired) electrons. The average molecular weight is 438 g/mol. The van der Waals surface area contributed by atoms with Gasteiger partial charge >= 0.3 is 0 Å². The molecular weight excluding hydrogens is 410 g/mol. The molecule has 27 heavy (non-hydrogen) atoms. The number of carbonyl (C=O) groups is 2. The fourth-order valence-corrected chi connectivity index (χ4v) is 4.11. The molecule has 2 amide bonds. The number of hydrogen-bond acceptors (Lipinski definition) is 4. The van der Waals surface area contributed by atoms with Gasteiger partial charge in [0.2, 0.25) is 5.91 Å². The molecule has 2 aliphatic rings. The van der Waals surface area contributed by atoms with Crippen LogP contribution in [-0.2, 0) is 9.59 Å². The Hall–Kier alpha value is -1.60. The van der Waals surface area contributed by atoms with Gasteiger partial charge in [-0.05, 0) is 31.0 Å². The first-order valence-corrected chi connectivity index (χ1v) is 10.6. The van der Waals surface area contributed by atoms with E-state index in [0.29, 0.717) is 18.2 Å². The molecule has 0 atom stereocenters. The SMILES string of the molecule is O=C(COc1cccc(Br)c1)NCCN1CCN(C(=O)C2CCCC2)CC1. The second-order valence-electron chi connectivity index (χ2n) is 7.24. The molecule has 2 fully saturated rings. The normalized spacial score (nSPS) is 18.5. The summed E-state index contributed by atoms with van der Waals surface area (Å²) in [5.74, 6) is 1.17. The van der Waals surface area contributed by atoms with Gasteiger partial charge in [0.25, 0.3) is 5.91 Å². The minimum absolute atomic E-state index is 0.0140. The Labute approximate surface area is 169 Å². The molecule has 1 aliphatic heterocycles. The van der Waals surface area contributed by atoms with Gasteiger partial charge in [0.15, 0.2) is 6.61 Å². The van der Waals surface area contributed by atoms with E-state index < -0.39 is 0 Å². The summed E-state index contributed by atoms with van der Waals surface area (Å²) in [7, 11) is 0. The lowest BCUT2D eigenvalue weighted by Gasteiger charge is -2.36. The molecule has 0 bridgehead atoms. The van der Waals surface area contributed by atoms with E-state index in [2.05, 4.69) is 26.1 Å². The van der Waals surface area contributed by atoms with E-state index in [1.807, 2.05) is 29.2 Å². The average Bonchev–Trinajstić information content (AvgIpc) is 3.21. The van der Waals surface area contributed by atoms with Crippen LogP contribution >= 0.6 is 15.9 Å². The standard InChI is InChI=1S/C20H28BrN3O3/c21-17-6-3-7-18(14-17)27-15-19(25)22-8-9-23-10-12-24(13-11-23)20(26)16-4-1-2-5-16/h3,6-7,14,16H,1-2,4-5,8-13,15H2,(H,22,25). The summed E-state index contributed by atoms with van der Waals surface area (Å²) in [5.41, 5.74) is 0. The van der Waals surface area contributed by atoms with Gasteiger partial charge in [-0.2, -0.15) is 0 Å². The summed E-state index contributed by atoms with van der Waals surface area (Å²) in [4.78, 5) is 28.7. The molecule has 7 heteroatoms. The molecule has 1 saturated carbocycles. The summed E-state index contributed by atoms with van der Waals surface area (Å²) in [6.45, 7) is 4.77. The second-order valence-corrected chi connectivity index (χ2v) is 8.16. The molecule has 1 aromatic rings. The van der Waals surface area contributed by atoms with Crippen LogP contribution in [0.25, 0.3) is 0 Å². The zero-order chi connectivity index (χ0) is 19.1. The van der Waals surface area contributed by atoms with E-state index in [1.54, 1.807) is 0 Å². The van der Waals surface area contributed by atoms with Crippen LogP contribution in [0, 0.1) is 5.92 Å². The highest BCUT2D eigenvalue weighted by molar-refractivity contribution is 9.10. The Kier molecular flexibility index (Phi) is 7.52. The Bertz CT molecular complexity index is 641. The Morgan fingerprint density at radius 3 is 2.59 bits per heavy atom. The highest BCUT2D eigenvalue weighted by Crippen LogP contribution is 2.26. The molecule has 3 rings (SSSR count). The van der Waals surface area contributed by atoms with Gasteiger partial charge in [0, 0.05) is 49.7 Å². The van der Waals surface area contributed by atoms with E-state index >= 15 is 0 Å². The fourth-order valence-electron chi connectivity index (χ4n) is 3.73. The first-order chi connectivity index (χ1) is 13.1. The van der Waals surface area contributed by atoms with Crippen molar-refractivity contribution in [3.63, 3.8) is 0 Å². The number of carbonyl (C=O) groups excluding carboxylic acids is 2. The maximum absolute atomic E-state index is 12.5. The van der Waals surface area contributed by atoms with Crippen molar-refractivity contribution in [3.05, 3.63) is 28.7 Å². The van der Waals surface area contributed by atoms with E-state index in [1.165, 1.54) is 12.8 Å². The quantitative estimate of drug-likeness (QED) is 0.710. The largest absolute Gasteiger partial charge is 0.484 e. The summed E-state index contributed by atoms with van der Waals surface area (Å²) in [6.07, 6.45) is 4.52. The van der Waals surface area contributed by atoms with Crippen molar-refractivity contribution in [1.29, 1.82) is 0 Å². The van der Waals surface area contributed by atoms with Gasteiger partial charge in [-0.1, -0.05) is 34.8 Å². The number of nitrogens with zero attached hydrogens (tertiary/aromatic N) is 2. The fraction of sp³-hybridized carbons (Fsp3) is 0.600.